The fraction of sp³-hybridized carbons (Fsp3) is 0. The zero-order valence-electron chi connectivity index (χ0n) is 9.66. The van der Waals surface area contributed by atoms with E-state index in [2.05, 4.69) is 5.10 Å². The monoisotopic (exact) mass is 278 g/mol. The Labute approximate surface area is 110 Å². The van der Waals surface area contributed by atoms with Gasteiger partial charge < -0.3 is 15.2 Å². The normalized spacial score (nSPS) is 10.2. The molecule has 0 saturated heterocycles. The van der Waals surface area contributed by atoms with Crippen LogP contribution in [0.15, 0.2) is 30.5 Å². The first-order valence-corrected chi connectivity index (χ1v) is 5.12. The molecule has 0 bridgehead atoms. The Morgan fingerprint density at radius 2 is 1.90 bits per heavy atom. The molecular formula is C10H6N4O6. The third-order valence-corrected chi connectivity index (χ3v) is 2.43. The predicted octanol–water partition coefficient (Wildman–Crippen LogP) is 1.39. The van der Waals surface area contributed by atoms with Gasteiger partial charge in [-0.1, -0.05) is 0 Å². The van der Waals surface area contributed by atoms with Crippen LogP contribution in [0, 0.1) is 20.2 Å². The van der Waals surface area contributed by atoms with Crippen LogP contribution < -0.4 is 0 Å². The van der Waals surface area contributed by atoms with Crippen molar-refractivity contribution in [3.8, 4) is 5.69 Å². The SMILES string of the molecule is O=C(O)c1cc([N+](=O)[O-])ccc1-n1ccc([N+](=O)[O-])n1. The second kappa shape index (κ2) is 4.76. The zero-order chi connectivity index (χ0) is 14.9. The minimum atomic E-state index is -1.40. The average molecular weight is 278 g/mol. The molecule has 0 amide bonds. The number of carbonyl (C=O) groups is 1. The number of aromatic nitrogens is 2. The molecule has 0 spiro atoms. The van der Waals surface area contributed by atoms with Crippen LogP contribution >= 0.6 is 0 Å². The third-order valence-electron chi connectivity index (χ3n) is 2.43. The van der Waals surface area contributed by atoms with E-state index in [0.717, 1.165) is 28.9 Å². The van der Waals surface area contributed by atoms with Gasteiger partial charge in [0.1, 0.15) is 5.69 Å². The molecule has 102 valence electrons. The number of nitro benzene ring substituents is 1. The molecule has 10 nitrogen and oxygen atoms in total. The standard InChI is InChI=1S/C10H6N4O6/c15-10(16)7-5-6(13(17)18)1-2-8(7)12-4-3-9(11-12)14(19)20/h1-5H,(H,15,16). The Morgan fingerprint density at radius 3 is 2.40 bits per heavy atom. The minimum absolute atomic E-state index is 0.00352. The van der Waals surface area contributed by atoms with Crippen molar-refractivity contribution in [2.75, 3.05) is 0 Å². The summed E-state index contributed by atoms with van der Waals surface area (Å²) in [6.07, 6.45) is 1.20. The summed E-state index contributed by atoms with van der Waals surface area (Å²) in [5.41, 5.74) is -0.777. The van der Waals surface area contributed by atoms with Gasteiger partial charge in [-0.25, -0.2) is 4.79 Å². The number of benzene rings is 1. The van der Waals surface area contributed by atoms with Gasteiger partial charge in [0.25, 0.3) is 5.69 Å². The van der Waals surface area contributed by atoms with Crippen LogP contribution in [0.4, 0.5) is 11.5 Å². The Kier molecular flexibility index (Phi) is 3.13. The molecular weight excluding hydrogens is 272 g/mol. The highest BCUT2D eigenvalue weighted by molar-refractivity contribution is 5.92. The molecule has 20 heavy (non-hydrogen) atoms. The molecule has 1 aromatic heterocycles. The molecule has 0 fully saturated rings. The predicted molar refractivity (Wildman–Crippen MR) is 63.8 cm³/mol. The molecule has 0 aliphatic carbocycles. The molecule has 0 aliphatic heterocycles. The summed E-state index contributed by atoms with van der Waals surface area (Å²) in [5.74, 6) is -1.86. The lowest BCUT2D eigenvalue weighted by molar-refractivity contribution is -0.389. The summed E-state index contributed by atoms with van der Waals surface area (Å²) in [6, 6.07) is 4.21. The fourth-order valence-corrected chi connectivity index (χ4v) is 1.55. The second-order valence-electron chi connectivity index (χ2n) is 3.64. The molecule has 0 saturated carbocycles. The zero-order valence-corrected chi connectivity index (χ0v) is 9.66. The summed E-state index contributed by atoms with van der Waals surface area (Å²) < 4.78 is 0.977. The number of aromatic carboxylic acids is 1. The first kappa shape index (κ1) is 13.1. The summed E-state index contributed by atoms with van der Waals surface area (Å²) in [6.45, 7) is 0. The van der Waals surface area contributed by atoms with Crippen molar-refractivity contribution in [2.45, 2.75) is 0 Å². The average Bonchev–Trinajstić information content (AvgIpc) is 2.87. The van der Waals surface area contributed by atoms with Crippen LogP contribution in [-0.4, -0.2) is 30.7 Å². The number of nitro groups is 2. The molecule has 2 rings (SSSR count). The van der Waals surface area contributed by atoms with Gasteiger partial charge in [0.2, 0.25) is 0 Å². The third kappa shape index (κ3) is 2.29. The van der Waals surface area contributed by atoms with E-state index in [4.69, 9.17) is 5.11 Å². The van der Waals surface area contributed by atoms with Crippen molar-refractivity contribution in [2.24, 2.45) is 0 Å². The highest BCUT2D eigenvalue weighted by atomic mass is 16.6. The molecule has 10 heteroatoms. The van der Waals surface area contributed by atoms with Crippen LogP contribution in [0.1, 0.15) is 10.4 Å². The molecule has 1 heterocycles. The van der Waals surface area contributed by atoms with E-state index in [1.807, 2.05) is 0 Å². The molecule has 2 aromatic rings. The van der Waals surface area contributed by atoms with Crippen LogP contribution in [0.2, 0.25) is 0 Å². The van der Waals surface area contributed by atoms with Crippen LogP contribution in [0.5, 0.6) is 0 Å². The lowest BCUT2D eigenvalue weighted by Gasteiger charge is -2.02. The van der Waals surface area contributed by atoms with Gasteiger partial charge in [0.05, 0.1) is 27.8 Å². The number of hydrogen-bond donors (Lipinski definition) is 1. The van der Waals surface area contributed by atoms with Gasteiger partial charge in [-0.3, -0.25) is 10.1 Å². The molecule has 0 aliphatic rings. The maximum atomic E-state index is 11.1. The first-order valence-electron chi connectivity index (χ1n) is 5.12. The van der Waals surface area contributed by atoms with E-state index in [0.29, 0.717) is 0 Å². The van der Waals surface area contributed by atoms with Crippen molar-refractivity contribution in [1.29, 1.82) is 0 Å². The van der Waals surface area contributed by atoms with Crippen LogP contribution in [-0.2, 0) is 0 Å². The number of carboxylic acid groups (broad SMARTS) is 1. The van der Waals surface area contributed by atoms with Gasteiger partial charge in [-0.2, -0.15) is 0 Å². The molecule has 1 N–H and O–H groups in total. The van der Waals surface area contributed by atoms with Gasteiger partial charge in [-0.05, 0) is 11.0 Å². The van der Waals surface area contributed by atoms with E-state index in [1.165, 1.54) is 6.20 Å². The van der Waals surface area contributed by atoms with Gasteiger partial charge in [0.15, 0.2) is 0 Å². The number of nitrogens with zero attached hydrogens (tertiary/aromatic N) is 4. The Balaban J connectivity index is 2.57. The smallest absolute Gasteiger partial charge is 0.390 e. The lowest BCUT2D eigenvalue weighted by Crippen LogP contribution is -2.07. The van der Waals surface area contributed by atoms with Crippen LogP contribution in [0.3, 0.4) is 0 Å². The van der Waals surface area contributed by atoms with Crippen molar-refractivity contribution < 1.29 is 19.7 Å². The maximum absolute atomic E-state index is 11.1. The second-order valence-corrected chi connectivity index (χ2v) is 3.64. The summed E-state index contributed by atoms with van der Waals surface area (Å²) in [7, 11) is 0. The highest BCUT2D eigenvalue weighted by Gasteiger charge is 2.21. The Bertz CT molecular complexity index is 722. The van der Waals surface area contributed by atoms with Crippen molar-refractivity contribution in [3.05, 3.63) is 56.3 Å². The van der Waals surface area contributed by atoms with E-state index in [9.17, 15) is 25.0 Å². The highest BCUT2D eigenvalue weighted by Crippen LogP contribution is 2.22. The minimum Gasteiger partial charge on any atom is -0.478 e. The topological polar surface area (TPSA) is 141 Å². The van der Waals surface area contributed by atoms with E-state index in [1.54, 1.807) is 0 Å². The lowest BCUT2D eigenvalue weighted by atomic mass is 10.1. The van der Waals surface area contributed by atoms with Crippen molar-refractivity contribution in [1.82, 2.24) is 9.78 Å². The quantitative estimate of drug-likeness (QED) is 0.657. The Morgan fingerprint density at radius 1 is 1.20 bits per heavy atom. The van der Waals surface area contributed by atoms with Gasteiger partial charge in [0, 0.05) is 12.1 Å². The molecule has 0 unspecified atom stereocenters. The number of carboxylic acids is 1. The Hall–Kier alpha value is -3.30. The molecule has 1 aromatic carbocycles. The van der Waals surface area contributed by atoms with Gasteiger partial charge in [-0.15, -0.1) is 4.68 Å². The fourth-order valence-electron chi connectivity index (χ4n) is 1.55. The summed E-state index contributed by atoms with van der Waals surface area (Å²) >= 11 is 0. The number of hydrogen-bond acceptors (Lipinski definition) is 6. The van der Waals surface area contributed by atoms with Crippen LogP contribution in [0.25, 0.3) is 5.69 Å². The van der Waals surface area contributed by atoms with E-state index in [-0.39, 0.29) is 11.3 Å². The summed E-state index contributed by atoms with van der Waals surface area (Å²) in [4.78, 5) is 30.8. The first-order chi connectivity index (χ1) is 9.40. The van der Waals surface area contributed by atoms with Gasteiger partial charge >= 0.3 is 11.8 Å². The van der Waals surface area contributed by atoms with E-state index >= 15 is 0 Å². The summed E-state index contributed by atoms with van der Waals surface area (Å²) in [5, 5.41) is 33.8. The number of rotatable bonds is 4. The molecule has 0 radical (unpaired) electrons. The van der Waals surface area contributed by atoms with E-state index < -0.39 is 27.3 Å². The molecule has 0 atom stereocenters. The van der Waals surface area contributed by atoms with Crippen molar-refractivity contribution in [3.63, 3.8) is 0 Å². The largest absolute Gasteiger partial charge is 0.478 e. The number of non-ortho nitro benzene ring substituents is 1. The van der Waals surface area contributed by atoms with Crippen molar-refractivity contribution >= 4 is 17.5 Å². The maximum Gasteiger partial charge on any atom is 0.390 e.